The second-order valence-electron chi connectivity index (χ2n) is 5.88. The summed E-state index contributed by atoms with van der Waals surface area (Å²) in [5.41, 5.74) is 7.81. The van der Waals surface area contributed by atoms with Gasteiger partial charge in [-0.2, -0.15) is 0 Å². The average molecular weight is 278 g/mol. The monoisotopic (exact) mass is 278 g/mol. The van der Waals surface area contributed by atoms with Crippen molar-refractivity contribution in [2.45, 2.75) is 40.0 Å². The highest BCUT2D eigenvalue weighted by atomic mass is 14.9. The van der Waals surface area contributed by atoms with Crippen molar-refractivity contribution < 1.29 is 0 Å². The maximum absolute atomic E-state index is 4.69. The third-order valence-corrected chi connectivity index (χ3v) is 4.26. The van der Waals surface area contributed by atoms with Crippen LogP contribution in [0.5, 0.6) is 0 Å². The van der Waals surface area contributed by atoms with Crippen LogP contribution in [0.15, 0.2) is 36.4 Å². The summed E-state index contributed by atoms with van der Waals surface area (Å²) >= 11 is 0. The van der Waals surface area contributed by atoms with Gasteiger partial charge in [-0.15, -0.1) is 0 Å². The maximum Gasteiger partial charge on any atom is 0.107 e. The first-order valence-electron chi connectivity index (χ1n) is 7.64. The van der Waals surface area contributed by atoms with Gasteiger partial charge in [0, 0.05) is 6.42 Å². The van der Waals surface area contributed by atoms with Gasteiger partial charge in [-0.1, -0.05) is 30.3 Å². The van der Waals surface area contributed by atoms with Crippen LogP contribution in [0.4, 0.5) is 0 Å². The molecule has 1 heterocycles. The fourth-order valence-electron chi connectivity index (χ4n) is 3.02. The molecule has 3 rings (SSSR count). The normalized spacial score (nSPS) is 11.2. The lowest BCUT2D eigenvalue weighted by Crippen LogP contribution is -1.96. The Kier molecular flexibility index (Phi) is 3.78. The van der Waals surface area contributed by atoms with Crippen LogP contribution in [0.25, 0.3) is 11.0 Å². The van der Waals surface area contributed by atoms with Crippen LogP contribution in [-0.4, -0.2) is 9.97 Å². The van der Waals surface area contributed by atoms with Crippen LogP contribution in [0.1, 0.15) is 34.5 Å². The Morgan fingerprint density at radius 2 is 1.52 bits per heavy atom. The minimum Gasteiger partial charge on any atom is -0.342 e. The molecule has 1 aromatic heterocycles. The van der Waals surface area contributed by atoms with Gasteiger partial charge in [0.2, 0.25) is 0 Å². The van der Waals surface area contributed by atoms with Crippen LogP contribution >= 0.6 is 0 Å². The SMILES string of the molecule is Cc1cccc(C)c1CCCc1nc2cccc(C)c2[nH]1. The first kappa shape index (κ1) is 13.9. The molecule has 3 aromatic rings. The molecule has 21 heavy (non-hydrogen) atoms. The number of imidazole rings is 1. The highest BCUT2D eigenvalue weighted by molar-refractivity contribution is 5.78. The topological polar surface area (TPSA) is 28.7 Å². The van der Waals surface area contributed by atoms with Gasteiger partial charge in [0.1, 0.15) is 5.82 Å². The fraction of sp³-hybridized carbons (Fsp3) is 0.316. The van der Waals surface area contributed by atoms with Crippen molar-refractivity contribution in [1.29, 1.82) is 0 Å². The summed E-state index contributed by atoms with van der Waals surface area (Å²) in [5.74, 6) is 1.10. The molecule has 0 saturated heterocycles. The van der Waals surface area contributed by atoms with E-state index in [1.807, 2.05) is 0 Å². The summed E-state index contributed by atoms with van der Waals surface area (Å²) in [6, 6.07) is 12.8. The number of para-hydroxylation sites is 1. The molecular weight excluding hydrogens is 256 g/mol. The number of nitrogens with zero attached hydrogens (tertiary/aromatic N) is 1. The van der Waals surface area contributed by atoms with Crippen molar-refractivity contribution in [2.75, 3.05) is 0 Å². The molecule has 2 aromatic carbocycles. The second-order valence-corrected chi connectivity index (χ2v) is 5.88. The van der Waals surface area contributed by atoms with Crippen molar-refractivity contribution in [3.8, 4) is 0 Å². The molecule has 0 atom stereocenters. The van der Waals surface area contributed by atoms with Crippen molar-refractivity contribution in [2.24, 2.45) is 0 Å². The van der Waals surface area contributed by atoms with Gasteiger partial charge in [-0.05, 0) is 61.9 Å². The predicted molar refractivity (Wildman–Crippen MR) is 88.8 cm³/mol. The number of hydrogen-bond donors (Lipinski definition) is 1. The number of H-pyrrole nitrogens is 1. The zero-order chi connectivity index (χ0) is 14.8. The fourth-order valence-corrected chi connectivity index (χ4v) is 3.02. The molecule has 2 nitrogen and oxygen atoms in total. The lowest BCUT2D eigenvalue weighted by atomic mass is 9.98. The number of aromatic amines is 1. The zero-order valence-corrected chi connectivity index (χ0v) is 13.0. The van der Waals surface area contributed by atoms with E-state index in [-0.39, 0.29) is 0 Å². The molecule has 0 unspecified atom stereocenters. The maximum atomic E-state index is 4.69. The smallest absolute Gasteiger partial charge is 0.107 e. The van der Waals surface area contributed by atoms with Gasteiger partial charge in [-0.3, -0.25) is 0 Å². The Morgan fingerprint density at radius 3 is 2.24 bits per heavy atom. The predicted octanol–water partition coefficient (Wildman–Crippen LogP) is 4.66. The molecule has 0 spiro atoms. The van der Waals surface area contributed by atoms with Gasteiger partial charge in [0.15, 0.2) is 0 Å². The third kappa shape index (κ3) is 2.85. The van der Waals surface area contributed by atoms with Crippen molar-refractivity contribution >= 4 is 11.0 Å². The molecule has 0 radical (unpaired) electrons. The number of fused-ring (bicyclic) bond motifs is 1. The second kappa shape index (κ2) is 5.72. The molecule has 0 amide bonds. The summed E-state index contributed by atoms with van der Waals surface area (Å²) < 4.78 is 0. The molecule has 1 N–H and O–H groups in total. The largest absolute Gasteiger partial charge is 0.342 e. The van der Waals surface area contributed by atoms with Gasteiger partial charge in [-0.25, -0.2) is 4.98 Å². The number of rotatable bonds is 4. The van der Waals surface area contributed by atoms with Crippen molar-refractivity contribution in [3.63, 3.8) is 0 Å². The van der Waals surface area contributed by atoms with Gasteiger partial charge < -0.3 is 4.98 Å². The summed E-state index contributed by atoms with van der Waals surface area (Å²) in [4.78, 5) is 8.16. The van der Waals surface area contributed by atoms with E-state index in [2.05, 4.69) is 62.2 Å². The van der Waals surface area contributed by atoms with Crippen LogP contribution in [0.3, 0.4) is 0 Å². The summed E-state index contributed by atoms with van der Waals surface area (Å²) in [7, 11) is 0. The lowest BCUT2D eigenvalue weighted by Gasteiger charge is -2.08. The summed E-state index contributed by atoms with van der Waals surface area (Å²) in [6.07, 6.45) is 3.25. The van der Waals surface area contributed by atoms with Crippen molar-refractivity contribution in [1.82, 2.24) is 9.97 Å². The first-order valence-corrected chi connectivity index (χ1v) is 7.64. The first-order chi connectivity index (χ1) is 10.1. The highest BCUT2D eigenvalue weighted by Crippen LogP contribution is 2.18. The van der Waals surface area contributed by atoms with Gasteiger partial charge in [0.25, 0.3) is 0 Å². The Morgan fingerprint density at radius 1 is 0.857 bits per heavy atom. The molecule has 0 aliphatic carbocycles. The number of aromatic nitrogens is 2. The standard InChI is InChI=1S/C19H22N2/c1-13-7-4-8-14(2)16(13)10-6-12-18-20-17-11-5-9-15(3)19(17)21-18/h4-5,7-9,11H,6,10,12H2,1-3H3,(H,20,21). The number of benzene rings is 2. The Balaban J connectivity index is 1.71. The van der Waals surface area contributed by atoms with E-state index >= 15 is 0 Å². The Hall–Kier alpha value is -2.09. The minimum absolute atomic E-state index is 1.00. The lowest BCUT2D eigenvalue weighted by molar-refractivity contribution is 0.779. The van der Waals surface area contributed by atoms with E-state index in [0.29, 0.717) is 0 Å². The van der Waals surface area contributed by atoms with E-state index in [1.165, 1.54) is 27.8 Å². The molecule has 0 fully saturated rings. The third-order valence-electron chi connectivity index (χ3n) is 4.26. The van der Waals surface area contributed by atoms with Crippen LogP contribution < -0.4 is 0 Å². The molecule has 0 aliphatic heterocycles. The Labute approximate surface area is 126 Å². The van der Waals surface area contributed by atoms with Crippen LogP contribution in [0.2, 0.25) is 0 Å². The van der Waals surface area contributed by atoms with E-state index in [0.717, 1.165) is 30.6 Å². The minimum atomic E-state index is 1.00. The van der Waals surface area contributed by atoms with E-state index in [9.17, 15) is 0 Å². The molecule has 0 aliphatic rings. The summed E-state index contributed by atoms with van der Waals surface area (Å²) in [6.45, 7) is 6.53. The summed E-state index contributed by atoms with van der Waals surface area (Å²) in [5, 5.41) is 0. The molecule has 0 bridgehead atoms. The molecule has 108 valence electrons. The number of hydrogen-bond acceptors (Lipinski definition) is 1. The van der Waals surface area contributed by atoms with Gasteiger partial charge in [0.05, 0.1) is 11.0 Å². The van der Waals surface area contributed by atoms with E-state index in [4.69, 9.17) is 4.98 Å². The quantitative estimate of drug-likeness (QED) is 0.738. The molecule has 2 heteroatoms. The van der Waals surface area contributed by atoms with Crippen LogP contribution in [-0.2, 0) is 12.8 Å². The van der Waals surface area contributed by atoms with E-state index in [1.54, 1.807) is 0 Å². The molecular formula is C19H22N2. The Bertz CT molecular complexity index is 748. The number of nitrogens with one attached hydrogen (secondary N) is 1. The zero-order valence-electron chi connectivity index (χ0n) is 13.0. The molecule has 0 saturated carbocycles. The van der Waals surface area contributed by atoms with Gasteiger partial charge >= 0.3 is 0 Å². The highest BCUT2D eigenvalue weighted by Gasteiger charge is 2.06. The van der Waals surface area contributed by atoms with Crippen molar-refractivity contribution in [3.05, 3.63) is 64.5 Å². The average Bonchev–Trinajstić information content (AvgIpc) is 2.86. The number of aryl methyl sites for hydroxylation is 4. The van der Waals surface area contributed by atoms with Crippen LogP contribution in [0, 0.1) is 20.8 Å². The van der Waals surface area contributed by atoms with E-state index < -0.39 is 0 Å².